The Labute approximate surface area is 132 Å². The van der Waals surface area contributed by atoms with E-state index in [1.54, 1.807) is 12.1 Å². The number of thioether (sulfide) groups is 1. The van der Waals surface area contributed by atoms with Gasteiger partial charge in [-0.3, -0.25) is 4.79 Å². The van der Waals surface area contributed by atoms with Gasteiger partial charge in [-0.1, -0.05) is 36.0 Å². The van der Waals surface area contributed by atoms with Gasteiger partial charge in [-0.05, 0) is 49.2 Å². The number of nitrogens with one attached hydrogen (secondary N) is 1. The summed E-state index contributed by atoms with van der Waals surface area (Å²) in [6, 6.07) is 13.9. The standard InChI is InChI=1S/C17H17F2NOS/c1-11-5-3-4-6-15(11)12(2)20-16(21)13-7-9-14(10-8-13)22-17(18)19/h3-10,12,17H,1-2H3,(H,20,21). The van der Waals surface area contributed by atoms with Gasteiger partial charge in [-0.15, -0.1) is 0 Å². The van der Waals surface area contributed by atoms with E-state index in [0.717, 1.165) is 11.1 Å². The number of hydrogen-bond donors (Lipinski definition) is 1. The van der Waals surface area contributed by atoms with Gasteiger partial charge in [0.2, 0.25) is 0 Å². The van der Waals surface area contributed by atoms with Crippen LogP contribution in [-0.4, -0.2) is 11.7 Å². The fourth-order valence-corrected chi connectivity index (χ4v) is 2.72. The van der Waals surface area contributed by atoms with Crippen LogP contribution in [-0.2, 0) is 0 Å². The molecule has 0 radical (unpaired) electrons. The summed E-state index contributed by atoms with van der Waals surface area (Å²) in [7, 11) is 0. The summed E-state index contributed by atoms with van der Waals surface area (Å²) in [6.07, 6.45) is 0. The molecule has 0 saturated heterocycles. The molecule has 2 rings (SSSR count). The van der Waals surface area contributed by atoms with Crippen molar-refractivity contribution in [1.29, 1.82) is 0 Å². The lowest BCUT2D eigenvalue weighted by molar-refractivity contribution is 0.0939. The number of alkyl halides is 2. The highest BCUT2D eigenvalue weighted by Crippen LogP contribution is 2.25. The highest BCUT2D eigenvalue weighted by atomic mass is 32.2. The van der Waals surface area contributed by atoms with Crippen molar-refractivity contribution in [1.82, 2.24) is 5.32 Å². The molecule has 1 unspecified atom stereocenters. The van der Waals surface area contributed by atoms with E-state index < -0.39 is 5.76 Å². The summed E-state index contributed by atoms with van der Waals surface area (Å²) in [5, 5.41) is 2.92. The Bertz CT molecular complexity index is 643. The summed E-state index contributed by atoms with van der Waals surface area (Å²) in [4.78, 5) is 12.7. The summed E-state index contributed by atoms with van der Waals surface area (Å²) < 4.78 is 24.5. The highest BCUT2D eigenvalue weighted by Gasteiger charge is 2.13. The molecule has 0 fully saturated rings. The first kappa shape index (κ1) is 16.5. The van der Waals surface area contributed by atoms with E-state index in [1.807, 2.05) is 38.1 Å². The third-order valence-electron chi connectivity index (χ3n) is 3.34. The van der Waals surface area contributed by atoms with Crippen LogP contribution in [0.4, 0.5) is 8.78 Å². The zero-order chi connectivity index (χ0) is 16.1. The summed E-state index contributed by atoms with van der Waals surface area (Å²) in [5.74, 6) is -2.68. The van der Waals surface area contributed by atoms with Crippen molar-refractivity contribution in [2.24, 2.45) is 0 Å². The maximum atomic E-state index is 12.3. The third-order valence-corrected chi connectivity index (χ3v) is 4.07. The zero-order valence-corrected chi connectivity index (χ0v) is 13.2. The highest BCUT2D eigenvalue weighted by molar-refractivity contribution is 7.99. The Morgan fingerprint density at radius 1 is 1.09 bits per heavy atom. The van der Waals surface area contributed by atoms with Crippen LogP contribution in [0, 0.1) is 6.92 Å². The van der Waals surface area contributed by atoms with Crippen LogP contribution >= 0.6 is 11.8 Å². The molecule has 0 aliphatic heterocycles. The molecule has 0 saturated carbocycles. The maximum absolute atomic E-state index is 12.3. The molecule has 1 atom stereocenters. The molecule has 2 aromatic carbocycles. The Kier molecular flexibility index (Phi) is 5.55. The Morgan fingerprint density at radius 3 is 2.32 bits per heavy atom. The first-order valence-corrected chi connectivity index (χ1v) is 7.76. The second kappa shape index (κ2) is 7.40. The summed E-state index contributed by atoms with van der Waals surface area (Å²) in [6.45, 7) is 3.91. The van der Waals surface area contributed by atoms with E-state index in [9.17, 15) is 13.6 Å². The van der Waals surface area contributed by atoms with E-state index in [0.29, 0.717) is 22.2 Å². The van der Waals surface area contributed by atoms with Gasteiger partial charge in [-0.2, -0.15) is 8.78 Å². The Hall–Kier alpha value is -1.88. The second-order valence-electron chi connectivity index (χ2n) is 4.95. The first-order valence-electron chi connectivity index (χ1n) is 6.88. The monoisotopic (exact) mass is 321 g/mol. The number of rotatable bonds is 5. The van der Waals surface area contributed by atoms with Crippen molar-refractivity contribution < 1.29 is 13.6 Å². The van der Waals surface area contributed by atoms with E-state index in [4.69, 9.17) is 0 Å². The topological polar surface area (TPSA) is 29.1 Å². The van der Waals surface area contributed by atoms with Crippen molar-refractivity contribution in [2.45, 2.75) is 30.5 Å². The van der Waals surface area contributed by atoms with Crippen molar-refractivity contribution in [3.05, 3.63) is 65.2 Å². The minimum absolute atomic E-state index is 0.121. The average molecular weight is 321 g/mol. The molecule has 2 nitrogen and oxygen atoms in total. The van der Waals surface area contributed by atoms with Gasteiger partial charge in [-0.25, -0.2) is 0 Å². The maximum Gasteiger partial charge on any atom is 0.288 e. The molecule has 0 aliphatic rings. The Balaban J connectivity index is 2.04. The predicted octanol–water partition coefficient (Wildman–Crippen LogP) is 4.80. The molecular weight excluding hydrogens is 304 g/mol. The van der Waals surface area contributed by atoms with E-state index in [2.05, 4.69) is 5.32 Å². The average Bonchev–Trinajstić information content (AvgIpc) is 2.47. The van der Waals surface area contributed by atoms with Crippen LogP contribution in [0.3, 0.4) is 0 Å². The predicted molar refractivity (Wildman–Crippen MR) is 85.4 cm³/mol. The molecule has 0 bridgehead atoms. The quantitative estimate of drug-likeness (QED) is 0.801. The van der Waals surface area contributed by atoms with Gasteiger partial charge in [0.05, 0.1) is 6.04 Å². The number of hydrogen-bond acceptors (Lipinski definition) is 2. The van der Waals surface area contributed by atoms with Crippen molar-refractivity contribution >= 4 is 17.7 Å². The van der Waals surface area contributed by atoms with Crippen LogP contribution in [0.5, 0.6) is 0 Å². The third kappa shape index (κ3) is 4.31. The molecule has 5 heteroatoms. The first-order chi connectivity index (χ1) is 10.5. The van der Waals surface area contributed by atoms with Crippen LogP contribution in [0.1, 0.15) is 34.5 Å². The largest absolute Gasteiger partial charge is 0.346 e. The molecular formula is C17H17F2NOS. The molecule has 1 amide bonds. The molecule has 0 aromatic heterocycles. The lowest BCUT2D eigenvalue weighted by atomic mass is 10.0. The number of carbonyl (C=O) groups excluding carboxylic acids is 1. The SMILES string of the molecule is Cc1ccccc1C(C)NC(=O)c1ccc(SC(F)F)cc1. The number of aryl methyl sites for hydroxylation is 1. The van der Waals surface area contributed by atoms with Gasteiger partial charge in [0.25, 0.3) is 11.7 Å². The van der Waals surface area contributed by atoms with Crippen molar-refractivity contribution in [2.75, 3.05) is 0 Å². The smallest absolute Gasteiger partial charge is 0.288 e. The zero-order valence-electron chi connectivity index (χ0n) is 12.3. The fraction of sp³-hybridized carbons (Fsp3) is 0.235. The number of benzene rings is 2. The number of amides is 1. The lowest BCUT2D eigenvalue weighted by Crippen LogP contribution is -2.27. The van der Waals surface area contributed by atoms with Gasteiger partial charge in [0, 0.05) is 10.5 Å². The van der Waals surface area contributed by atoms with E-state index >= 15 is 0 Å². The van der Waals surface area contributed by atoms with Crippen LogP contribution in [0.15, 0.2) is 53.4 Å². The molecule has 0 heterocycles. The normalized spacial score (nSPS) is 12.2. The van der Waals surface area contributed by atoms with E-state index in [1.165, 1.54) is 12.1 Å². The van der Waals surface area contributed by atoms with Crippen molar-refractivity contribution in [3.63, 3.8) is 0 Å². The molecule has 1 N–H and O–H groups in total. The van der Waals surface area contributed by atoms with Crippen molar-refractivity contribution in [3.8, 4) is 0 Å². The molecule has 0 spiro atoms. The number of halogens is 2. The van der Waals surface area contributed by atoms with Crippen LogP contribution < -0.4 is 5.32 Å². The molecule has 116 valence electrons. The molecule has 0 aliphatic carbocycles. The Morgan fingerprint density at radius 2 is 1.73 bits per heavy atom. The summed E-state index contributed by atoms with van der Waals surface area (Å²) in [5.41, 5.74) is 2.62. The second-order valence-corrected chi connectivity index (χ2v) is 6.02. The minimum Gasteiger partial charge on any atom is -0.346 e. The molecule has 2 aromatic rings. The fourth-order valence-electron chi connectivity index (χ4n) is 2.22. The minimum atomic E-state index is -2.46. The summed E-state index contributed by atoms with van der Waals surface area (Å²) >= 11 is 0.467. The van der Waals surface area contributed by atoms with Gasteiger partial charge in [0.15, 0.2) is 0 Å². The number of carbonyl (C=O) groups is 1. The lowest BCUT2D eigenvalue weighted by Gasteiger charge is -2.16. The molecule has 22 heavy (non-hydrogen) atoms. The van der Waals surface area contributed by atoms with E-state index in [-0.39, 0.29) is 11.9 Å². The van der Waals surface area contributed by atoms with Crippen LogP contribution in [0.2, 0.25) is 0 Å². The van der Waals surface area contributed by atoms with Crippen LogP contribution in [0.25, 0.3) is 0 Å². The van der Waals surface area contributed by atoms with Gasteiger partial charge >= 0.3 is 0 Å². The van der Waals surface area contributed by atoms with Gasteiger partial charge < -0.3 is 5.32 Å². The van der Waals surface area contributed by atoms with Gasteiger partial charge in [0.1, 0.15) is 0 Å².